The molecule has 6 heteroatoms. The molecule has 0 N–H and O–H groups in total. The number of nitrogens with zero attached hydrogens (tertiary/aromatic N) is 4. The number of tetrazole rings is 1. The van der Waals surface area contributed by atoms with Crippen molar-refractivity contribution in [2.24, 2.45) is 0 Å². The molecule has 1 heterocycles. The van der Waals surface area contributed by atoms with E-state index in [-0.39, 0.29) is 6.61 Å². The van der Waals surface area contributed by atoms with Crippen molar-refractivity contribution in [1.29, 1.82) is 0 Å². The van der Waals surface area contributed by atoms with Crippen molar-refractivity contribution in [3.8, 4) is 16.8 Å². The minimum atomic E-state index is -0.419. The molecule has 0 spiro atoms. The predicted molar refractivity (Wildman–Crippen MR) is 100 cm³/mol. The zero-order valence-electron chi connectivity index (χ0n) is 14.4. The number of hydrogen-bond acceptors (Lipinski definition) is 5. The van der Waals surface area contributed by atoms with Crippen LogP contribution in [0.1, 0.15) is 16.2 Å². The summed E-state index contributed by atoms with van der Waals surface area (Å²) in [4.78, 5) is 12.3. The average molecular weight is 356 g/mol. The Balaban J connectivity index is 1.44. The number of hydrogen-bond donors (Lipinski definition) is 0. The van der Waals surface area contributed by atoms with Crippen LogP contribution in [0.25, 0.3) is 16.8 Å². The van der Waals surface area contributed by atoms with Gasteiger partial charge in [-0.2, -0.15) is 4.68 Å². The van der Waals surface area contributed by atoms with Crippen molar-refractivity contribution >= 4 is 5.97 Å². The lowest BCUT2D eigenvalue weighted by molar-refractivity contribution is 0.0459. The van der Waals surface area contributed by atoms with E-state index in [4.69, 9.17) is 4.74 Å². The quantitative estimate of drug-likeness (QED) is 0.510. The lowest BCUT2D eigenvalue weighted by Gasteiger charge is -2.07. The molecule has 0 aliphatic carbocycles. The molecular weight excluding hydrogens is 340 g/mol. The topological polar surface area (TPSA) is 69.9 Å². The predicted octanol–water partition coefficient (Wildman–Crippen LogP) is 3.69. The Hall–Kier alpha value is -3.80. The van der Waals surface area contributed by atoms with Crippen molar-refractivity contribution < 1.29 is 9.53 Å². The molecule has 0 atom stereocenters. The number of aromatic nitrogens is 4. The van der Waals surface area contributed by atoms with Gasteiger partial charge in [-0.3, -0.25) is 0 Å². The van der Waals surface area contributed by atoms with Gasteiger partial charge in [0.05, 0.1) is 11.3 Å². The molecule has 1 aromatic heterocycles. The molecule has 3 aromatic carbocycles. The molecule has 0 aliphatic heterocycles. The normalized spacial score (nSPS) is 10.5. The minimum absolute atomic E-state index is 0.0127. The number of para-hydroxylation sites is 1. The van der Waals surface area contributed by atoms with Gasteiger partial charge >= 0.3 is 5.97 Å². The first-order valence-corrected chi connectivity index (χ1v) is 8.46. The Morgan fingerprint density at radius 2 is 1.44 bits per heavy atom. The Kier molecular flexibility index (Phi) is 4.70. The van der Waals surface area contributed by atoms with E-state index in [1.807, 2.05) is 72.8 Å². The maximum Gasteiger partial charge on any atom is 0.338 e. The summed E-state index contributed by atoms with van der Waals surface area (Å²) in [6.45, 7) is -0.0127. The highest BCUT2D eigenvalue weighted by Gasteiger charge is 2.13. The van der Waals surface area contributed by atoms with Crippen LogP contribution in [0.4, 0.5) is 0 Å². The summed E-state index contributed by atoms with van der Waals surface area (Å²) in [6, 6.07) is 26.7. The summed E-state index contributed by atoms with van der Waals surface area (Å²) < 4.78 is 6.93. The Morgan fingerprint density at radius 3 is 2.15 bits per heavy atom. The van der Waals surface area contributed by atoms with Gasteiger partial charge in [0.1, 0.15) is 0 Å². The first kappa shape index (κ1) is 16.7. The van der Waals surface area contributed by atoms with Crippen LogP contribution in [0, 0.1) is 0 Å². The van der Waals surface area contributed by atoms with Gasteiger partial charge in [0.25, 0.3) is 0 Å². The summed E-state index contributed by atoms with van der Waals surface area (Å²) in [5, 5.41) is 11.5. The van der Waals surface area contributed by atoms with Crippen molar-refractivity contribution in [3.63, 3.8) is 0 Å². The summed E-state index contributed by atoms with van der Waals surface area (Å²) in [5.74, 6) is 0.0349. The molecular formula is C21H16N4O2. The van der Waals surface area contributed by atoms with Crippen LogP contribution in [-0.2, 0) is 11.3 Å². The highest BCUT2D eigenvalue weighted by atomic mass is 16.5. The maximum absolute atomic E-state index is 12.3. The standard InChI is InChI=1S/C21H16N4O2/c26-21(18-13-11-17(12-14-18)16-7-3-1-4-8-16)27-15-20-22-23-24-25(20)19-9-5-2-6-10-19/h1-14H,15H2. The van der Waals surface area contributed by atoms with Gasteiger partial charge in [0.2, 0.25) is 0 Å². The molecule has 0 unspecified atom stereocenters. The molecule has 27 heavy (non-hydrogen) atoms. The van der Waals surface area contributed by atoms with E-state index in [1.165, 1.54) is 0 Å². The van der Waals surface area contributed by atoms with E-state index in [2.05, 4.69) is 15.5 Å². The molecule has 6 nitrogen and oxygen atoms in total. The Morgan fingerprint density at radius 1 is 0.815 bits per heavy atom. The highest BCUT2D eigenvalue weighted by molar-refractivity contribution is 5.90. The lowest BCUT2D eigenvalue weighted by Crippen LogP contribution is -2.10. The molecule has 4 aromatic rings. The molecule has 0 saturated heterocycles. The van der Waals surface area contributed by atoms with E-state index >= 15 is 0 Å². The van der Waals surface area contributed by atoms with Crippen LogP contribution in [0.2, 0.25) is 0 Å². The van der Waals surface area contributed by atoms with E-state index in [0.29, 0.717) is 11.4 Å². The monoisotopic (exact) mass is 356 g/mol. The third kappa shape index (κ3) is 3.74. The number of carbonyl (C=O) groups is 1. The molecule has 0 fully saturated rings. The first-order chi connectivity index (χ1) is 13.3. The zero-order valence-corrected chi connectivity index (χ0v) is 14.4. The second-order valence-corrected chi connectivity index (χ2v) is 5.86. The number of esters is 1. The van der Waals surface area contributed by atoms with Crippen LogP contribution in [0.3, 0.4) is 0 Å². The Bertz CT molecular complexity index is 1030. The second kappa shape index (κ2) is 7.61. The van der Waals surface area contributed by atoms with Crippen LogP contribution >= 0.6 is 0 Å². The number of benzene rings is 3. The van der Waals surface area contributed by atoms with Gasteiger partial charge in [-0.05, 0) is 45.8 Å². The fourth-order valence-electron chi connectivity index (χ4n) is 2.71. The van der Waals surface area contributed by atoms with Gasteiger partial charge in [0, 0.05) is 0 Å². The van der Waals surface area contributed by atoms with Crippen molar-refractivity contribution in [2.45, 2.75) is 6.61 Å². The molecule has 4 rings (SSSR count). The van der Waals surface area contributed by atoms with Gasteiger partial charge in [-0.15, -0.1) is 5.10 Å². The van der Waals surface area contributed by atoms with E-state index in [9.17, 15) is 4.79 Å². The van der Waals surface area contributed by atoms with Crippen molar-refractivity contribution in [2.75, 3.05) is 0 Å². The minimum Gasteiger partial charge on any atom is -0.454 e. The molecule has 0 aliphatic rings. The lowest BCUT2D eigenvalue weighted by atomic mass is 10.0. The molecule has 132 valence electrons. The summed E-state index contributed by atoms with van der Waals surface area (Å²) >= 11 is 0. The summed E-state index contributed by atoms with van der Waals surface area (Å²) in [5.41, 5.74) is 3.42. The molecule has 0 bridgehead atoms. The summed E-state index contributed by atoms with van der Waals surface area (Å²) in [6.07, 6.45) is 0. The van der Waals surface area contributed by atoms with Crippen molar-refractivity contribution in [1.82, 2.24) is 20.2 Å². The molecule has 0 saturated carbocycles. The molecule has 0 radical (unpaired) electrons. The largest absolute Gasteiger partial charge is 0.454 e. The van der Waals surface area contributed by atoms with Crippen molar-refractivity contribution in [3.05, 3.63) is 96.3 Å². The number of carbonyl (C=O) groups excluding carboxylic acids is 1. The third-order valence-corrected chi connectivity index (χ3v) is 4.09. The van der Waals surface area contributed by atoms with E-state index in [0.717, 1.165) is 16.8 Å². The van der Waals surface area contributed by atoms with Gasteiger partial charge in [-0.25, -0.2) is 4.79 Å². The Labute approximate surface area is 156 Å². The van der Waals surface area contributed by atoms with Crippen LogP contribution in [0.5, 0.6) is 0 Å². The second-order valence-electron chi connectivity index (χ2n) is 5.86. The smallest absolute Gasteiger partial charge is 0.338 e. The van der Waals surface area contributed by atoms with Crippen LogP contribution in [0.15, 0.2) is 84.9 Å². The van der Waals surface area contributed by atoms with Crippen LogP contribution in [-0.4, -0.2) is 26.2 Å². The zero-order chi connectivity index (χ0) is 18.5. The number of rotatable bonds is 5. The molecule has 0 amide bonds. The number of ether oxygens (including phenoxy) is 1. The maximum atomic E-state index is 12.3. The third-order valence-electron chi connectivity index (χ3n) is 4.09. The fourth-order valence-corrected chi connectivity index (χ4v) is 2.71. The summed E-state index contributed by atoms with van der Waals surface area (Å²) in [7, 11) is 0. The van der Waals surface area contributed by atoms with Crippen LogP contribution < -0.4 is 0 Å². The fraction of sp³-hybridized carbons (Fsp3) is 0.0476. The highest BCUT2D eigenvalue weighted by Crippen LogP contribution is 2.19. The van der Waals surface area contributed by atoms with Gasteiger partial charge in [0.15, 0.2) is 12.4 Å². The SMILES string of the molecule is O=C(OCc1nnnn1-c1ccccc1)c1ccc(-c2ccccc2)cc1. The van der Waals surface area contributed by atoms with Gasteiger partial charge < -0.3 is 4.74 Å². The average Bonchev–Trinajstić information content (AvgIpc) is 3.22. The van der Waals surface area contributed by atoms with E-state index < -0.39 is 5.97 Å². The van der Waals surface area contributed by atoms with E-state index in [1.54, 1.807) is 16.8 Å². The van der Waals surface area contributed by atoms with Gasteiger partial charge in [-0.1, -0.05) is 60.7 Å². The first-order valence-electron chi connectivity index (χ1n) is 8.46.